The van der Waals surface area contributed by atoms with Crippen LogP contribution in [0.15, 0.2) is 77.6 Å². The maximum Gasteiger partial charge on any atom is 0.298 e. The van der Waals surface area contributed by atoms with Crippen molar-refractivity contribution < 1.29 is 66.5 Å². The van der Waals surface area contributed by atoms with Crippen molar-refractivity contribution in [3.63, 3.8) is 0 Å². The van der Waals surface area contributed by atoms with Gasteiger partial charge in [0.05, 0.1) is 45.2 Å². The number of phenolic OH excluding ortho intramolecular Hbond substituents is 1. The molecule has 26 heteroatoms. The Hall–Kier alpha value is -4.93. The van der Waals surface area contributed by atoms with Crippen molar-refractivity contribution in [2.24, 2.45) is 20.5 Å². The lowest BCUT2D eigenvalue weighted by Gasteiger charge is -2.18. The predicted octanol–water partition coefficient (Wildman–Crippen LogP) is 4.60. The van der Waals surface area contributed by atoms with E-state index in [0.29, 0.717) is 16.3 Å². The molecule has 5 aromatic rings. The average molecular weight is 845 g/mol. The summed E-state index contributed by atoms with van der Waals surface area (Å²) in [5.41, 5.74) is 4.47. The Balaban J connectivity index is 1.60. The molecule has 0 amide bonds. The molecule has 0 atom stereocenters. The van der Waals surface area contributed by atoms with E-state index in [-0.39, 0.29) is 46.5 Å². The molecule has 0 radical (unpaired) electrons. The minimum atomic E-state index is -5.54. The number of fused-ring (bicyclic) bond motifs is 2. The smallest absolute Gasteiger partial charge is 0.298 e. The highest BCUT2D eigenvalue weighted by atomic mass is 32.2. The van der Waals surface area contributed by atoms with Gasteiger partial charge in [-0.3, -0.25) is 9.11 Å². The van der Waals surface area contributed by atoms with Crippen LogP contribution < -0.4 is 15.2 Å². The quantitative estimate of drug-likeness (QED) is 0.0544. The normalized spacial score (nSPS) is 13.1. The standard InChI is InChI=1S/C28H26N6O15S5/c1-13-8-18(32-33-25-24(53(42,43)44)9-15-14(26(25)35)4-5-16(29)27(15)54(45,46)47)20(49-6-3-7-51(36,37)38)10-17(13)31-34-28-30-19-11-23(52(39,40)41)21(48-2)12-22(19)50-28/h4-5,8-12,35H,3,6-7,29H2,1-2H3,(H,36,37,38)(H,39,40,41)(H,42,43,44)(H,45,46,47)/p-2. The molecule has 1 heterocycles. The lowest BCUT2D eigenvalue weighted by Crippen LogP contribution is -2.08. The first-order valence-corrected chi connectivity index (χ1v) is 21.2. The summed E-state index contributed by atoms with van der Waals surface area (Å²) in [5.74, 6) is -2.06. The number of hydrogen-bond donors (Lipinski definition) is 4. The number of rotatable bonds is 13. The largest absolute Gasteiger partial charge is 0.744 e. The van der Waals surface area contributed by atoms with E-state index in [0.717, 1.165) is 29.5 Å². The van der Waals surface area contributed by atoms with E-state index >= 15 is 0 Å². The Morgan fingerprint density at radius 2 is 1.52 bits per heavy atom. The fourth-order valence-corrected chi connectivity index (χ4v) is 8.26. The number of methoxy groups -OCH3 is 1. The third-order valence-electron chi connectivity index (χ3n) is 7.26. The number of azo groups is 2. The lowest BCUT2D eigenvalue weighted by atomic mass is 10.1. The minimum absolute atomic E-state index is 0.0335. The summed E-state index contributed by atoms with van der Waals surface area (Å²) in [6.07, 6.45) is -0.223. The Bertz CT molecular complexity index is 2860. The first-order valence-electron chi connectivity index (χ1n) is 14.5. The van der Waals surface area contributed by atoms with Crippen molar-refractivity contribution in [3.8, 4) is 17.2 Å². The van der Waals surface area contributed by atoms with E-state index in [1.54, 1.807) is 0 Å². The van der Waals surface area contributed by atoms with E-state index in [1.165, 1.54) is 32.2 Å². The summed E-state index contributed by atoms with van der Waals surface area (Å²) >= 11 is 0.982. The molecule has 0 aliphatic rings. The zero-order valence-corrected chi connectivity index (χ0v) is 31.3. The Morgan fingerprint density at radius 3 is 2.13 bits per heavy atom. The molecule has 288 valence electrons. The van der Waals surface area contributed by atoms with E-state index in [9.17, 15) is 52.4 Å². The number of ether oxygens (including phenoxy) is 2. The van der Waals surface area contributed by atoms with Crippen LogP contribution in [-0.2, 0) is 40.5 Å². The maximum absolute atomic E-state index is 12.3. The second-order valence-electron chi connectivity index (χ2n) is 11.0. The van der Waals surface area contributed by atoms with Gasteiger partial charge in [-0.05, 0) is 49.2 Å². The van der Waals surface area contributed by atoms with Gasteiger partial charge in [0.1, 0.15) is 48.0 Å². The van der Waals surface area contributed by atoms with Crippen LogP contribution in [0.2, 0.25) is 0 Å². The maximum atomic E-state index is 12.3. The fourth-order valence-electron chi connectivity index (χ4n) is 4.89. The Labute approximate surface area is 309 Å². The molecule has 0 unspecified atom stereocenters. The Morgan fingerprint density at radius 1 is 0.833 bits per heavy atom. The Kier molecular flexibility index (Phi) is 11.0. The van der Waals surface area contributed by atoms with Crippen LogP contribution in [0.1, 0.15) is 12.0 Å². The summed E-state index contributed by atoms with van der Waals surface area (Å²) in [6.45, 7) is 1.18. The van der Waals surface area contributed by atoms with Gasteiger partial charge < -0.3 is 29.4 Å². The van der Waals surface area contributed by atoms with Crippen LogP contribution in [0.25, 0.3) is 21.0 Å². The molecule has 4 aromatic carbocycles. The summed E-state index contributed by atoms with van der Waals surface area (Å²) in [6, 6.07) is 7.48. The summed E-state index contributed by atoms with van der Waals surface area (Å²) in [5, 5.41) is 25.8. The van der Waals surface area contributed by atoms with Gasteiger partial charge in [0.15, 0.2) is 5.75 Å². The molecule has 0 saturated carbocycles. The zero-order chi connectivity index (χ0) is 40.0. The van der Waals surface area contributed by atoms with Crippen LogP contribution in [0, 0.1) is 6.92 Å². The molecule has 21 nitrogen and oxygen atoms in total. The van der Waals surface area contributed by atoms with E-state index in [1.807, 2.05) is 0 Å². The second kappa shape index (κ2) is 14.7. The van der Waals surface area contributed by atoms with Crippen molar-refractivity contribution in [1.82, 2.24) is 4.98 Å². The van der Waals surface area contributed by atoms with Crippen LogP contribution in [0.4, 0.5) is 27.9 Å². The topological polar surface area (TPSA) is 350 Å². The van der Waals surface area contributed by atoms with E-state index < -0.39 is 88.8 Å². The molecule has 0 aliphatic carbocycles. The van der Waals surface area contributed by atoms with Crippen molar-refractivity contribution in [3.05, 3.63) is 48.0 Å². The fraction of sp³-hybridized carbons (Fsp3) is 0.179. The van der Waals surface area contributed by atoms with E-state index in [4.69, 9.17) is 19.8 Å². The number of anilines is 1. The first-order chi connectivity index (χ1) is 25.0. The summed E-state index contributed by atoms with van der Waals surface area (Å²) in [7, 11) is -18.7. The van der Waals surface area contributed by atoms with Gasteiger partial charge in [-0.1, -0.05) is 11.3 Å². The number of aromatic nitrogens is 1. The molecule has 0 spiro atoms. The van der Waals surface area contributed by atoms with Crippen molar-refractivity contribution in [2.45, 2.75) is 28.0 Å². The first kappa shape index (κ1) is 40.3. The average Bonchev–Trinajstić information content (AvgIpc) is 3.45. The molecule has 0 bridgehead atoms. The number of aromatic hydroxyl groups is 1. The SMILES string of the molecule is COc1cc2sc(N=Nc3cc(OCCCS(=O)(=O)O)c(N=Nc4c(S(=O)(=O)[O-])cc5c(S(=O)(=O)[O-])c(N)ccc5c4O)cc3C)nc2cc1S(=O)(=O)O. The molecule has 5 N–H and O–H groups in total. The second-order valence-corrected chi connectivity index (χ2v) is 17.6. The number of hydrogen-bond acceptors (Lipinski definition) is 20. The number of nitrogens with zero attached hydrogens (tertiary/aromatic N) is 5. The molecule has 5 rings (SSSR count). The van der Waals surface area contributed by atoms with Crippen LogP contribution >= 0.6 is 11.3 Å². The highest BCUT2D eigenvalue weighted by molar-refractivity contribution is 7.86. The summed E-state index contributed by atoms with van der Waals surface area (Å²) in [4.78, 5) is 1.33. The molecule has 0 aliphatic heterocycles. The van der Waals surface area contributed by atoms with Gasteiger partial charge in [0, 0.05) is 28.6 Å². The molecule has 0 fully saturated rings. The number of phenols is 1. The monoisotopic (exact) mass is 844 g/mol. The number of benzene rings is 4. The number of nitrogen functional groups attached to an aromatic ring is 1. The molecule has 1 aromatic heterocycles. The molecular weight excluding hydrogens is 821 g/mol. The third kappa shape index (κ3) is 8.88. The van der Waals surface area contributed by atoms with Gasteiger partial charge >= 0.3 is 0 Å². The van der Waals surface area contributed by atoms with Gasteiger partial charge in [0.2, 0.25) is 5.13 Å². The van der Waals surface area contributed by atoms with E-state index in [2.05, 4.69) is 25.4 Å². The van der Waals surface area contributed by atoms with Gasteiger partial charge in [-0.2, -0.15) is 16.8 Å². The van der Waals surface area contributed by atoms with Crippen molar-refractivity contribution in [2.75, 3.05) is 25.2 Å². The molecular formula is C28H24N6O15S5-2. The van der Waals surface area contributed by atoms with Gasteiger partial charge in [-0.15, -0.1) is 20.5 Å². The number of thiazole rings is 1. The highest BCUT2D eigenvalue weighted by Crippen LogP contribution is 2.45. The van der Waals surface area contributed by atoms with Crippen LogP contribution in [-0.4, -0.2) is 81.4 Å². The van der Waals surface area contributed by atoms with Crippen LogP contribution in [0.3, 0.4) is 0 Å². The summed E-state index contributed by atoms with van der Waals surface area (Å²) < 4.78 is 148. The van der Waals surface area contributed by atoms with Gasteiger partial charge in [-0.25, -0.2) is 21.8 Å². The predicted molar refractivity (Wildman–Crippen MR) is 188 cm³/mol. The van der Waals surface area contributed by atoms with Crippen molar-refractivity contribution in [1.29, 1.82) is 0 Å². The van der Waals surface area contributed by atoms with Crippen LogP contribution in [0.5, 0.6) is 17.2 Å². The minimum Gasteiger partial charge on any atom is -0.744 e. The number of aryl methyl sites for hydroxylation is 1. The number of nitrogens with two attached hydrogens (primary N) is 1. The highest BCUT2D eigenvalue weighted by Gasteiger charge is 2.23. The van der Waals surface area contributed by atoms with Gasteiger partial charge in [0.25, 0.3) is 20.2 Å². The molecule has 0 saturated heterocycles. The molecule has 54 heavy (non-hydrogen) atoms. The third-order valence-corrected chi connectivity index (χ3v) is 11.6. The zero-order valence-electron chi connectivity index (χ0n) is 27.3. The lowest BCUT2D eigenvalue weighted by molar-refractivity contribution is 0.317. The van der Waals surface area contributed by atoms with Crippen molar-refractivity contribution >= 4 is 101 Å².